The van der Waals surface area contributed by atoms with E-state index in [1.165, 1.54) is 4.90 Å². The SMILES string of the molecule is O=C1NCC(c2ccc(Cl)cc2)C2(CCN(C(=O)c3cc(C(F)(F)F)cc(C(F)(F)F)c3)CC2)O1. The van der Waals surface area contributed by atoms with Crippen LogP contribution in [0.25, 0.3) is 0 Å². The Labute approximate surface area is 201 Å². The Balaban J connectivity index is 1.58. The molecule has 2 aromatic rings. The quantitative estimate of drug-likeness (QED) is 0.503. The molecule has 2 aliphatic rings. The summed E-state index contributed by atoms with van der Waals surface area (Å²) in [6.45, 7) is 0.221. The van der Waals surface area contributed by atoms with Gasteiger partial charge in [0.15, 0.2) is 0 Å². The zero-order valence-corrected chi connectivity index (χ0v) is 18.7. The molecule has 1 spiro atoms. The normalized spacial score (nSPS) is 20.4. The van der Waals surface area contributed by atoms with Gasteiger partial charge in [-0.1, -0.05) is 23.7 Å². The Kier molecular flexibility index (Phi) is 6.41. The highest BCUT2D eigenvalue weighted by atomic mass is 35.5. The molecule has 0 bridgehead atoms. The lowest BCUT2D eigenvalue weighted by molar-refractivity contribution is -0.143. The number of ether oxygens (including phenoxy) is 1. The van der Waals surface area contributed by atoms with Gasteiger partial charge in [0.2, 0.25) is 0 Å². The molecular weight excluding hydrogens is 502 g/mol. The fourth-order valence-corrected chi connectivity index (χ4v) is 4.71. The Morgan fingerprint density at radius 1 is 0.971 bits per heavy atom. The Morgan fingerprint density at radius 2 is 1.51 bits per heavy atom. The topological polar surface area (TPSA) is 58.6 Å². The Bertz CT molecular complexity index is 1090. The average Bonchev–Trinajstić information content (AvgIpc) is 2.78. The first-order valence-corrected chi connectivity index (χ1v) is 11.0. The van der Waals surface area contributed by atoms with E-state index in [-0.39, 0.29) is 44.5 Å². The molecule has 2 amide bonds. The molecule has 2 aliphatic heterocycles. The molecule has 1 N–H and O–H groups in total. The van der Waals surface area contributed by atoms with Crippen LogP contribution in [0.15, 0.2) is 42.5 Å². The third kappa shape index (κ3) is 5.19. The largest absolute Gasteiger partial charge is 0.442 e. The second-order valence-electron chi connectivity index (χ2n) is 8.53. The number of carbonyl (C=O) groups excluding carboxylic acids is 2. The molecular formula is C23H19ClF6N2O3. The minimum Gasteiger partial charge on any atom is -0.442 e. The highest BCUT2D eigenvalue weighted by Crippen LogP contribution is 2.43. The smallest absolute Gasteiger partial charge is 0.416 e. The number of nitrogens with zero attached hydrogens (tertiary/aromatic N) is 1. The van der Waals surface area contributed by atoms with Crippen LogP contribution in [0.4, 0.5) is 31.1 Å². The summed E-state index contributed by atoms with van der Waals surface area (Å²) in [5, 5.41) is 3.15. The predicted molar refractivity (Wildman–Crippen MR) is 113 cm³/mol. The van der Waals surface area contributed by atoms with Crippen molar-refractivity contribution in [2.24, 2.45) is 0 Å². The number of hydrogen-bond acceptors (Lipinski definition) is 3. The van der Waals surface area contributed by atoms with Crippen molar-refractivity contribution >= 4 is 23.6 Å². The standard InChI is InChI=1S/C23H19ClF6N2O3/c24-17-3-1-13(2-4-17)18-12-31-20(34)35-21(18)5-7-32(8-6-21)19(33)14-9-15(22(25,26)27)11-16(10-14)23(28,29)30/h1-4,9-11,18H,5-8,12H2,(H,31,34). The maximum absolute atomic E-state index is 13.2. The lowest BCUT2D eigenvalue weighted by atomic mass is 9.74. The third-order valence-electron chi connectivity index (χ3n) is 6.39. The molecule has 0 aliphatic carbocycles. The predicted octanol–water partition coefficient (Wildman–Crippen LogP) is 5.88. The average molecular weight is 521 g/mol. The van der Waals surface area contributed by atoms with Gasteiger partial charge in [-0.3, -0.25) is 4.79 Å². The van der Waals surface area contributed by atoms with Crippen LogP contribution >= 0.6 is 11.6 Å². The van der Waals surface area contributed by atoms with Crippen molar-refractivity contribution in [2.45, 2.75) is 36.7 Å². The number of nitrogens with one attached hydrogen (secondary N) is 1. The molecule has 188 valence electrons. The molecule has 2 heterocycles. The van der Waals surface area contributed by atoms with E-state index in [0.717, 1.165) is 5.56 Å². The number of benzene rings is 2. The summed E-state index contributed by atoms with van der Waals surface area (Å²) in [6.07, 6.45) is -10.4. The van der Waals surface area contributed by atoms with Crippen LogP contribution in [-0.4, -0.2) is 42.1 Å². The highest BCUT2D eigenvalue weighted by Gasteiger charge is 2.49. The van der Waals surface area contributed by atoms with Crippen molar-refractivity contribution in [3.63, 3.8) is 0 Å². The van der Waals surface area contributed by atoms with Crippen molar-refractivity contribution in [3.05, 3.63) is 69.7 Å². The van der Waals surface area contributed by atoms with Crippen LogP contribution in [0.2, 0.25) is 5.02 Å². The lowest BCUT2D eigenvalue weighted by Crippen LogP contribution is -2.58. The van der Waals surface area contributed by atoms with Crippen molar-refractivity contribution in [2.75, 3.05) is 19.6 Å². The maximum atomic E-state index is 13.2. The van der Waals surface area contributed by atoms with Gasteiger partial charge in [0.05, 0.1) is 11.1 Å². The molecule has 4 rings (SSSR count). The number of halogens is 7. The maximum Gasteiger partial charge on any atom is 0.416 e. The van der Waals surface area contributed by atoms with E-state index >= 15 is 0 Å². The van der Waals surface area contributed by atoms with Gasteiger partial charge in [0.25, 0.3) is 5.91 Å². The number of hydrogen-bond donors (Lipinski definition) is 1. The van der Waals surface area contributed by atoms with E-state index in [0.29, 0.717) is 17.2 Å². The second kappa shape index (κ2) is 8.92. The van der Waals surface area contributed by atoms with Gasteiger partial charge in [-0.25, -0.2) is 4.79 Å². The van der Waals surface area contributed by atoms with Crippen molar-refractivity contribution in [1.82, 2.24) is 10.2 Å². The minimum absolute atomic E-state index is 0.0200. The van der Waals surface area contributed by atoms with Gasteiger partial charge in [-0.2, -0.15) is 26.3 Å². The van der Waals surface area contributed by atoms with Gasteiger partial charge in [-0.05, 0) is 35.9 Å². The van der Waals surface area contributed by atoms with Crippen LogP contribution in [0.5, 0.6) is 0 Å². The molecule has 2 fully saturated rings. The van der Waals surface area contributed by atoms with Crippen molar-refractivity contribution in [3.8, 4) is 0 Å². The number of amides is 2. The fraction of sp³-hybridized carbons (Fsp3) is 0.391. The number of rotatable bonds is 2. The summed E-state index contributed by atoms with van der Waals surface area (Å²) in [6, 6.07) is 7.76. The summed E-state index contributed by atoms with van der Waals surface area (Å²) >= 11 is 5.96. The first-order valence-electron chi connectivity index (χ1n) is 10.6. The number of piperidine rings is 1. The summed E-state index contributed by atoms with van der Waals surface area (Å²) in [7, 11) is 0. The van der Waals surface area contributed by atoms with Crippen molar-refractivity contribution < 1.29 is 40.7 Å². The van der Waals surface area contributed by atoms with Gasteiger partial charge in [-0.15, -0.1) is 0 Å². The van der Waals surface area contributed by atoms with Crippen LogP contribution < -0.4 is 5.32 Å². The molecule has 0 radical (unpaired) electrons. The number of likely N-dealkylation sites (tertiary alicyclic amines) is 1. The fourth-order valence-electron chi connectivity index (χ4n) is 4.58. The molecule has 0 saturated carbocycles. The molecule has 2 saturated heterocycles. The van der Waals surface area contributed by atoms with Crippen LogP contribution in [-0.2, 0) is 17.1 Å². The zero-order chi connectivity index (χ0) is 25.6. The van der Waals surface area contributed by atoms with E-state index in [2.05, 4.69) is 5.32 Å². The summed E-state index contributed by atoms with van der Waals surface area (Å²) in [5.74, 6) is -1.25. The van der Waals surface area contributed by atoms with Gasteiger partial charge >= 0.3 is 18.4 Å². The molecule has 1 unspecified atom stereocenters. The minimum atomic E-state index is -5.06. The van der Waals surface area contributed by atoms with Crippen LogP contribution in [0.3, 0.4) is 0 Å². The summed E-state index contributed by atoms with van der Waals surface area (Å²) < 4.78 is 84.8. The van der Waals surface area contributed by atoms with Crippen LogP contribution in [0, 0.1) is 0 Å². The number of alkyl carbamates (subject to hydrolysis) is 1. The monoisotopic (exact) mass is 520 g/mol. The lowest BCUT2D eigenvalue weighted by Gasteiger charge is -2.48. The molecule has 5 nitrogen and oxygen atoms in total. The van der Waals surface area contributed by atoms with E-state index in [4.69, 9.17) is 16.3 Å². The number of alkyl halides is 6. The Morgan fingerprint density at radius 3 is 2.03 bits per heavy atom. The summed E-state index contributed by atoms with van der Waals surface area (Å²) in [5.41, 5.74) is -3.97. The van der Waals surface area contributed by atoms with Crippen molar-refractivity contribution in [1.29, 1.82) is 0 Å². The van der Waals surface area contributed by atoms with Gasteiger partial charge in [0, 0.05) is 49.0 Å². The first-order chi connectivity index (χ1) is 16.3. The molecule has 2 aromatic carbocycles. The van der Waals surface area contributed by atoms with Gasteiger partial charge < -0.3 is 15.0 Å². The first kappa shape index (κ1) is 25.2. The second-order valence-corrected chi connectivity index (χ2v) is 8.96. The van der Waals surface area contributed by atoms with Gasteiger partial charge in [0.1, 0.15) is 5.60 Å². The highest BCUT2D eigenvalue weighted by molar-refractivity contribution is 6.30. The van der Waals surface area contributed by atoms with E-state index < -0.39 is 46.6 Å². The van der Waals surface area contributed by atoms with E-state index in [1.807, 2.05) is 0 Å². The van der Waals surface area contributed by atoms with E-state index in [9.17, 15) is 35.9 Å². The Hall–Kier alpha value is -2.95. The number of carbonyl (C=O) groups is 2. The van der Waals surface area contributed by atoms with Crippen LogP contribution in [0.1, 0.15) is 45.8 Å². The summed E-state index contributed by atoms with van der Waals surface area (Å²) in [4.78, 5) is 26.1. The molecule has 0 aromatic heterocycles. The molecule has 12 heteroatoms. The third-order valence-corrected chi connectivity index (χ3v) is 6.64. The molecule has 35 heavy (non-hydrogen) atoms. The van der Waals surface area contributed by atoms with E-state index in [1.54, 1.807) is 24.3 Å². The molecule has 1 atom stereocenters. The zero-order valence-electron chi connectivity index (χ0n) is 18.0.